The van der Waals surface area contributed by atoms with Crippen LogP contribution in [0.15, 0.2) is 0 Å². The SMILES string of the molecule is CC(=O)O[C@H]1C[C@H]2[C@@H](C[C@@]1(C)O)C2(C)C. The molecule has 2 rings (SSSR count). The quantitative estimate of drug-likeness (QED) is 0.673. The van der Waals surface area contributed by atoms with Crippen molar-refractivity contribution >= 4 is 5.97 Å². The summed E-state index contributed by atoms with van der Waals surface area (Å²) in [6.45, 7) is 7.65. The maximum absolute atomic E-state index is 10.9. The average Bonchev–Trinajstić information content (AvgIpc) is 2.52. The third-order valence-electron chi connectivity index (χ3n) is 4.39. The molecule has 2 aliphatic carbocycles. The molecule has 3 nitrogen and oxygen atoms in total. The highest BCUT2D eigenvalue weighted by molar-refractivity contribution is 5.66. The molecule has 0 spiro atoms. The molecule has 86 valence electrons. The van der Waals surface area contributed by atoms with E-state index in [1.54, 1.807) is 6.92 Å². The average molecular weight is 212 g/mol. The van der Waals surface area contributed by atoms with Gasteiger partial charge < -0.3 is 9.84 Å². The molecule has 2 aliphatic rings. The molecule has 1 N–H and O–H groups in total. The second kappa shape index (κ2) is 2.97. The Balaban J connectivity index is 2.10. The highest BCUT2D eigenvalue weighted by Crippen LogP contribution is 2.66. The predicted molar refractivity (Wildman–Crippen MR) is 56.2 cm³/mol. The van der Waals surface area contributed by atoms with Gasteiger partial charge in [-0.2, -0.15) is 0 Å². The molecule has 0 aromatic carbocycles. The van der Waals surface area contributed by atoms with E-state index in [1.807, 2.05) is 0 Å². The zero-order valence-electron chi connectivity index (χ0n) is 9.91. The Morgan fingerprint density at radius 1 is 1.33 bits per heavy atom. The number of ether oxygens (including phenoxy) is 1. The summed E-state index contributed by atoms with van der Waals surface area (Å²) < 4.78 is 5.21. The first-order valence-electron chi connectivity index (χ1n) is 5.65. The highest BCUT2D eigenvalue weighted by atomic mass is 16.6. The van der Waals surface area contributed by atoms with Gasteiger partial charge in [0.05, 0.1) is 5.60 Å². The topological polar surface area (TPSA) is 46.5 Å². The maximum Gasteiger partial charge on any atom is 0.303 e. The van der Waals surface area contributed by atoms with Crippen LogP contribution in [0.5, 0.6) is 0 Å². The summed E-state index contributed by atoms with van der Waals surface area (Å²) in [6, 6.07) is 0. The van der Waals surface area contributed by atoms with Gasteiger partial charge in [-0.1, -0.05) is 13.8 Å². The first kappa shape index (κ1) is 10.9. The molecule has 0 heterocycles. The Bertz CT molecular complexity index is 293. The molecule has 0 saturated heterocycles. The van der Waals surface area contributed by atoms with E-state index in [0.717, 1.165) is 12.8 Å². The molecule has 2 fully saturated rings. The molecule has 0 bridgehead atoms. The van der Waals surface area contributed by atoms with Crippen molar-refractivity contribution in [3.63, 3.8) is 0 Å². The molecule has 0 radical (unpaired) electrons. The van der Waals surface area contributed by atoms with Crippen LogP contribution in [0.25, 0.3) is 0 Å². The molecular formula is C12H20O3. The lowest BCUT2D eigenvalue weighted by Gasteiger charge is -2.35. The van der Waals surface area contributed by atoms with Gasteiger partial charge in [-0.15, -0.1) is 0 Å². The number of aliphatic hydroxyl groups is 1. The van der Waals surface area contributed by atoms with Crippen LogP contribution < -0.4 is 0 Å². The third-order valence-corrected chi connectivity index (χ3v) is 4.39. The zero-order valence-corrected chi connectivity index (χ0v) is 9.91. The zero-order chi connectivity index (χ0) is 11.4. The maximum atomic E-state index is 10.9. The number of rotatable bonds is 1. The van der Waals surface area contributed by atoms with E-state index in [2.05, 4.69) is 13.8 Å². The van der Waals surface area contributed by atoms with Gasteiger partial charge in [0.15, 0.2) is 0 Å². The molecule has 2 saturated carbocycles. The van der Waals surface area contributed by atoms with Crippen LogP contribution in [0.2, 0.25) is 0 Å². The number of hydrogen-bond donors (Lipinski definition) is 1. The van der Waals surface area contributed by atoms with Crippen molar-refractivity contribution in [1.29, 1.82) is 0 Å². The Kier molecular flexibility index (Phi) is 2.16. The fourth-order valence-electron chi connectivity index (χ4n) is 3.17. The van der Waals surface area contributed by atoms with E-state index in [4.69, 9.17) is 4.74 Å². The molecule has 15 heavy (non-hydrogen) atoms. The van der Waals surface area contributed by atoms with Crippen molar-refractivity contribution in [3.05, 3.63) is 0 Å². The summed E-state index contributed by atoms with van der Waals surface area (Å²) in [6.07, 6.45) is 1.24. The summed E-state index contributed by atoms with van der Waals surface area (Å²) in [7, 11) is 0. The first-order valence-corrected chi connectivity index (χ1v) is 5.65. The summed E-state index contributed by atoms with van der Waals surface area (Å²) in [5.41, 5.74) is -0.528. The van der Waals surface area contributed by atoms with Gasteiger partial charge in [0.2, 0.25) is 0 Å². The van der Waals surface area contributed by atoms with Crippen LogP contribution >= 0.6 is 0 Å². The summed E-state index contributed by atoms with van der Waals surface area (Å²) >= 11 is 0. The van der Waals surface area contributed by atoms with Crippen LogP contribution in [0.1, 0.15) is 40.5 Å². The Labute approximate surface area is 90.8 Å². The fourth-order valence-corrected chi connectivity index (χ4v) is 3.17. The number of hydrogen-bond acceptors (Lipinski definition) is 3. The molecule has 0 aromatic heterocycles. The first-order chi connectivity index (χ1) is 6.75. The molecule has 0 unspecified atom stereocenters. The van der Waals surface area contributed by atoms with Crippen molar-refractivity contribution in [1.82, 2.24) is 0 Å². The lowest BCUT2D eigenvalue weighted by Crippen LogP contribution is -2.45. The van der Waals surface area contributed by atoms with E-state index in [0.29, 0.717) is 17.3 Å². The number of carbonyl (C=O) groups is 1. The van der Waals surface area contributed by atoms with Crippen LogP contribution in [-0.2, 0) is 9.53 Å². The normalized spacial score (nSPS) is 46.9. The van der Waals surface area contributed by atoms with Crippen LogP contribution in [-0.4, -0.2) is 22.8 Å². The fraction of sp³-hybridized carbons (Fsp3) is 0.917. The van der Waals surface area contributed by atoms with Gasteiger partial charge in [0.25, 0.3) is 0 Å². The smallest absolute Gasteiger partial charge is 0.303 e. The minimum Gasteiger partial charge on any atom is -0.459 e. The highest BCUT2D eigenvalue weighted by Gasteiger charge is 2.64. The second-order valence-corrected chi connectivity index (χ2v) is 5.93. The number of esters is 1. The molecule has 3 heteroatoms. The van der Waals surface area contributed by atoms with Crippen molar-refractivity contribution < 1.29 is 14.6 Å². The van der Waals surface area contributed by atoms with Gasteiger partial charge in [-0.05, 0) is 37.0 Å². The largest absolute Gasteiger partial charge is 0.459 e. The van der Waals surface area contributed by atoms with Gasteiger partial charge >= 0.3 is 5.97 Å². The number of fused-ring (bicyclic) bond motifs is 1. The number of carbonyl (C=O) groups excluding carboxylic acids is 1. The van der Waals surface area contributed by atoms with Crippen LogP contribution in [0.3, 0.4) is 0 Å². The van der Waals surface area contributed by atoms with E-state index in [9.17, 15) is 9.90 Å². The third kappa shape index (κ3) is 1.67. The molecule has 0 aliphatic heterocycles. The van der Waals surface area contributed by atoms with Crippen molar-refractivity contribution in [2.75, 3.05) is 0 Å². The van der Waals surface area contributed by atoms with Crippen LogP contribution in [0.4, 0.5) is 0 Å². The van der Waals surface area contributed by atoms with E-state index in [-0.39, 0.29) is 12.1 Å². The second-order valence-electron chi connectivity index (χ2n) is 5.93. The molecular weight excluding hydrogens is 192 g/mol. The van der Waals surface area contributed by atoms with Crippen molar-refractivity contribution in [2.45, 2.75) is 52.2 Å². The van der Waals surface area contributed by atoms with Gasteiger partial charge in [-0.25, -0.2) is 0 Å². The predicted octanol–water partition coefficient (Wildman–Crippen LogP) is 1.74. The Morgan fingerprint density at radius 3 is 2.47 bits per heavy atom. The lowest BCUT2D eigenvalue weighted by atomic mass is 9.84. The lowest BCUT2D eigenvalue weighted by molar-refractivity contribution is -0.166. The van der Waals surface area contributed by atoms with Gasteiger partial charge in [-0.3, -0.25) is 4.79 Å². The Morgan fingerprint density at radius 2 is 1.93 bits per heavy atom. The van der Waals surface area contributed by atoms with E-state index < -0.39 is 5.60 Å². The summed E-state index contributed by atoms with van der Waals surface area (Å²) in [5.74, 6) is 0.915. The summed E-state index contributed by atoms with van der Waals surface area (Å²) in [4.78, 5) is 10.9. The summed E-state index contributed by atoms with van der Waals surface area (Å²) in [5, 5.41) is 10.2. The minimum absolute atomic E-state index is 0.294. The molecule has 0 aromatic rings. The van der Waals surface area contributed by atoms with E-state index in [1.165, 1.54) is 6.92 Å². The molecule has 0 amide bonds. The Hall–Kier alpha value is -0.570. The van der Waals surface area contributed by atoms with E-state index >= 15 is 0 Å². The molecule has 4 atom stereocenters. The van der Waals surface area contributed by atoms with Crippen molar-refractivity contribution in [3.8, 4) is 0 Å². The van der Waals surface area contributed by atoms with Gasteiger partial charge in [0.1, 0.15) is 6.10 Å². The standard InChI is InChI=1S/C12H20O3/c1-7(13)15-10-5-8-9(11(8,2)3)6-12(10,4)14/h8-10,14H,5-6H2,1-4H3/t8-,9+,10-,12+/m0/s1. The van der Waals surface area contributed by atoms with Crippen molar-refractivity contribution in [2.24, 2.45) is 17.3 Å². The minimum atomic E-state index is -0.847. The monoisotopic (exact) mass is 212 g/mol. The van der Waals surface area contributed by atoms with Gasteiger partial charge in [0, 0.05) is 6.92 Å². The van der Waals surface area contributed by atoms with Crippen LogP contribution in [0, 0.1) is 17.3 Å².